The van der Waals surface area contributed by atoms with E-state index in [2.05, 4.69) is 53.5 Å². The second-order valence-electron chi connectivity index (χ2n) is 3.97. The molecule has 0 heterocycles. The second-order valence-corrected chi connectivity index (χ2v) is 3.97. The van der Waals surface area contributed by atoms with Gasteiger partial charge in [0.1, 0.15) is 0 Å². The first-order chi connectivity index (χ1) is 7.75. The van der Waals surface area contributed by atoms with E-state index < -0.39 is 0 Å². The topological polar surface area (TPSA) is 12.4 Å². The molecule has 0 fully saturated rings. The lowest BCUT2D eigenvalue weighted by Crippen LogP contribution is -1.79. The van der Waals surface area contributed by atoms with Crippen molar-refractivity contribution in [2.45, 2.75) is 13.8 Å². The minimum Gasteiger partial charge on any atom is -0.258 e. The monoisotopic (exact) mass is 209 g/mol. The van der Waals surface area contributed by atoms with Crippen molar-refractivity contribution < 1.29 is 0 Å². The normalized spacial score (nSPS) is 9.88. The number of nitrogens with zero attached hydrogens (tertiary/aromatic N) is 1. The first-order valence-electron chi connectivity index (χ1n) is 5.43. The summed E-state index contributed by atoms with van der Waals surface area (Å²) in [5, 5.41) is 0. The molecule has 16 heavy (non-hydrogen) atoms. The molecule has 0 aliphatic rings. The first-order valence-corrected chi connectivity index (χ1v) is 5.43. The van der Waals surface area contributed by atoms with Gasteiger partial charge < -0.3 is 0 Å². The Kier molecular flexibility index (Phi) is 3.16. The van der Waals surface area contributed by atoms with Crippen LogP contribution < -0.4 is 0 Å². The molecule has 0 bridgehead atoms. The predicted octanol–water partition coefficient (Wildman–Crippen LogP) is 4.47. The quantitative estimate of drug-likeness (QED) is 0.647. The molecule has 0 spiro atoms. The van der Waals surface area contributed by atoms with Crippen LogP contribution in [0.2, 0.25) is 0 Å². The van der Waals surface area contributed by atoms with E-state index in [1.54, 1.807) is 0 Å². The van der Waals surface area contributed by atoms with Crippen LogP contribution >= 0.6 is 0 Å². The molecule has 1 nitrogen and oxygen atoms in total. The maximum absolute atomic E-state index is 4.41. The molecule has 0 atom stereocenters. The van der Waals surface area contributed by atoms with Crippen molar-refractivity contribution in [3.63, 3.8) is 0 Å². The lowest BCUT2D eigenvalue weighted by atomic mass is 10.1. The average Bonchev–Trinajstić information content (AvgIpc) is 2.30. The second kappa shape index (κ2) is 4.75. The Morgan fingerprint density at radius 2 is 1.31 bits per heavy atom. The van der Waals surface area contributed by atoms with Gasteiger partial charge >= 0.3 is 0 Å². The molecule has 0 saturated carbocycles. The highest BCUT2D eigenvalue weighted by Crippen LogP contribution is 2.22. The van der Waals surface area contributed by atoms with Crippen LogP contribution in [0.15, 0.2) is 59.6 Å². The molecule has 0 unspecified atom stereocenters. The van der Waals surface area contributed by atoms with Crippen molar-refractivity contribution in [2.24, 2.45) is 4.99 Å². The van der Waals surface area contributed by atoms with Gasteiger partial charge in [-0.1, -0.05) is 42.5 Å². The lowest BCUT2D eigenvalue weighted by molar-refractivity contribution is 1.47. The third-order valence-corrected chi connectivity index (χ3v) is 2.33. The van der Waals surface area contributed by atoms with Gasteiger partial charge in [0.25, 0.3) is 0 Å². The van der Waals surface area contributed by atoms with E-state index in [0.29, 0.717) is 0 Å². The molecule has 0 amide bonds. The van der Waals surface area contributed by atoms with Crippen molar-refractivity contribution in [3.05, 3.63) is 54.6 Å². The summed E-state index contributed by atoms with van der Waals surface area (Å²) in [4.78, 5) is 4.41. The van der Waals surface area contributed by atoms with Crippen LogP contribution in [0.4, 0.5) is 5.69 Å². The van der Waals surface area contributed by atoms with Crippen LogP contribution in [-0.2, 0) is 0 Å². The Morgan fingerprint density at radius 1 is 0.750 bits per heavy atom. The Morgan fingerprint density at radius 3 is 1.88 bits per heavy atom. The van der Waals surface area contributed by atoms with E-state index in [4.69, 9.17) is 0 Å². The molecule has 80 valence electrons. The number of rotatable bonds is 2. The molecule has 2 aromatic carbocycles. The minimum atomic E-state index is 1.01. The highest BCUT2D eigenvalue weighted by atomic mass is 14.7. The van der Waals surface area contributed by atoms with Crippen molar-refractivity contribution in [1.29, 1.82) is 0 Å². The van der Waals surface area contributed by atoms with Crippen molar-refractivity contribution in [1.82, 2.24) is 0 Å². The Bertz CT molecular complexity index is 477. The molecule has 0 saturated heterocycles. The van der Waals surface area contributed by atoms with Gasteiger partial charge in [-0.25, -0.2) is 0 Å². The van der Waals surface area contributed by atoms with Gasteiger partial charge in [0.15, 0.2) is 0 Å². The Hall–Kier alpha value is -1.89. The summed E-state index contributed by atoms with van der Waals surface area (Å²) in [6.07, 6.45) is 0. The van der Waals surface area contributed by atoms with Crippen LogP contribution in [0.3, 0.4) is 0 Å². The van der Waals surface area contributed by atoms with E-state index in [0.717, 1.165) is 11.4 Å². The smallest absolute Gasteiger partial charge is 0.0629 e. The van der Waals surface area contributed by atoms with Crippen LogP contribution in [-0.4, -0.2) is 5.71 Å². The molecule has 2 rings (SSSR count). The van der Waals surface area contributed by atoms with Gasteiger partial charge in [-0.15, -0.1) is 0 Å². The molecular weight excluding hydrogens is 194 g/mol. The van der Waals surface area contributed by atoms with Gasteiger partial charge in [-0.05, 0) is 37.1 Å². The van der Waals surface area contributed by atoms with Crippen LogP contribution in [0.25, 0.3) is 11.1 Å². The zero-order valence-corrected chi connectivity index (χ0v) is 9.64. The SMILES string of the molecule is CC(C)=Nc1ccc(-c2ccccc2)cc1. The van der Waals surface area contributed by atoms with Crippen molar-refractivity contribution >= 4 is 11.4 Å². The van der Waals surface area contributed by atoms with E-state index in [1.807, 2.05) is 19.9 Å². The lowest BCUT2D eigenvalue weighted by Gasteiger charge is -2.01. The summed E-state index contributed by atoms with van der Waals surface area (Å²) in [6.45, 7) is 4.01. The summed E-state index contributed by atoms with van der Waals surface area (Å²) in [7, 11) is 0. The zero-order chi connectivity index (χ0) is 11.4. The fourth-order valence-electron chi connectivity index (χ4n) is 1.62. The molecular formula is C15H15N. The fraction of sp³-hybridized carbons (Fsp3) is 0.133. The molecule has 0 aliphatic carbocycles. The summed E-state index contributed by atoms with van der Waals surface area (Å²) in [6, 6.07) is 18.7. The number of hydrogen-bond acceptors (Lipinski definition) is 1. The van der Waals surface area contributed by atoms with Gasteiger partial charge in [-0.2, -0.15) is 0 Å². The highest BCUT2D eigenvalue weighted by molar-refractivity contribution is 5.82. The number of hydrogen-bond donors (Lipinski definition) is 0. The van der Waals surface area contributed by atoms with Gasteiger partial charge in [0.05, 0.1) is 5.69 Å². The van der Waals surface area contributed by atoms with Gasteiger partial charge in [-0.3, -0.25) is 4.99 Å². The van der Waals surface area contributed by atoms with E-state index in [9.17, 15) is 0 Å². The van der Waals surface area contributed by atoms with E-state index in [-0.39, 0.29) is 0 Å². The maximum Gasteiger partial charge on any atom is 0.0629 e. The molecule has 0 radical (unpaired) electrons. The maximum atomic E-state index is 4.41. The van der Waals surface area contributed by atoms with E-state index in [1.165, 1.54) is 11.1 Å². The van der Waals surface area contributed by atoms with Crippen LogP contribution in [0.5, 0.6) is 0 Å². The summed E-state index contributed by atoms with van der Waals surface area (Å²) >= 11 is 0. The Balaban J connectivity index is 2.30. The minimum absolute atomic E-state index is 1.01. The summed E-state index contributed by atoms with van der Waals surface area (Å²) < 4.78 is 0. The van der Waals surface area contributed by atoms with Gasteiger partial charge in [0.2, 0.25) is 0 Å². The predicted molar refractivity (Wildman–Crippen MR) is 70.3 cm³/mol. The van der Waals surface area contributed by atoms with E-state index >= 15 is 0 Å². The standard InChI is InChI=1S/C15H15N/c1-12(2)16-15-10-8-14(9-11-15)13-6-4-3-5-7-13/h3-11H,1-2H3. The zero-order valence-electron chi connectivity index (χ0n) is 9.64. The average molecular weight is 209 g/mol. The van der Waals surface area contributed by atoms with Gasteiger partial charge in [0, 0.05) is 5.71 Å². The molecule has 0 aromatic heterocycles. The largest absolute Gasteiger partial charge is 0.258 e. The summed E-state index contributed by atoms with van der Waals surface area (Å²) in [5.74, 6) is 0. The fourth-order valence-corrected chi connectivity index (χ4v) is 1.62. The third kappa shape index (κ3) is 2.57. The number of aliphatic imine (C=N–C) groups is 1. The molecule has 1 heteroatoms. The van der Waals surface area contributed by atoms with Crippen LogP contribution in [0.1, 0.15) is 13.8 Å². The Labute approximate surface area is 96.5 Å². The third-order valence-electron chi connectivity index (χ3n) is 2.33. The van der Waals surface area contributed by atoms with Crippen molar-refractivity contribution in [2.75, 3.05) is 0 Å². The summed E-state index contributed by atoms with van der Waals surface area (Å²) in [5.41, 5.74) is 4.56. The molecule has 2 aromatic rings. The molecule has 0 aliphatic heterocycles. The van der Waals surface area contributed by atoms with Crippen LogP contribution in [0, 0.1) is 0 Å². The highest BCUT2D eigenvalue weighted by Gasteiger charge is 1.96. The number of benzene rings is 2. The first kappa shape index (κ1) is 10.6. The molecule has 0 N–H and O–H groups in total. The van der Waals surface area contributed by atoms with Crippen molar-refractivity contribution in [3.8, 4) is 11.1 Å².